The van der Waals surface area contributed by atoms with Gasteiger partial charge in [-0.2, -0.15) is 0 Å². The van der Waals surface area contributed by atoms with Crippen LogP contribution in [0.1, 0.15) is 15.9 Å². The number of benzene rings is 1. The molecule has 108 valence electrons. The molecule has 0 fully saturated rings. The molecule has 0 amide bonds. The van der Waals surface area contributed by atoms with Gasteiger partial charge in [0.2, 0.25) is 0 Å². The van der Waals surface area contributed by atoms with Crippen molar-refractivity contribution < 1.29 is 14.5 Å². The number of carbonyl (C=O) groups is 1. The molecular weight excluding hydrogens is 296 g/mol. The average Bonchev–Trinajstić information content (AvgIpc) is 2.48. The highest BCUT2D eigenvalue weighted by Crippen LogP contribution is 2.28. The first-order chi connectivity index (χ1) is 10.0. The van der Waals surface area contributed by atoms with E-state index in [1.165, 1.54) is 37.7 Å². The van der Waals surface area contributed by atoms with Gasteiger partial charge in [0.1, 0.15) is 0 Å². The molecule has 6 nitrogen and oxygen atoms in total. The smallest absolute Gasteiger partial charge is 0.311 e. The summed E-state index contributed by atoms with van der Waals surface area (Å²) in [6.45, 7) is 0. The number of rotatable bonds is 5. The first-order valence-corrected chi connectivity index (χ1v) is 6.34. The van der Waals surface area contributed by atoms with Gasteiger partial charge < -0.3 is 4.74 Å². The average molecular weight is 307 g/mol. The molecule has 1 heterocycles. The Morgan fingerprint density at radius 1 is 1.43 bits per heavy atom. The number of methoxy groups -OCH3 is 1. The van der Waals surface area contributed by atoms with E-state index < -0.39 is 4.92 Å². The van der Waals surface area contributed by atoms with E-state index in [9.17, 15) is 14.9 Å². The van der Waals surface area contributed by atoms with Crippen LogP contribution < -0.4 is 4.74 Å². The second kappa shape index (κ2) is 6.32. The lowest BCUT2D eigenvalue weighted by Crippen LogP contribution is -2.05. The van der Waals surface area contributed by atoms with Crippen LogP contribution in [0.4, 0.5) is 5.69 Å². The molecule has 0 unspecified atom stereocenters. The van der Waals surface area contributed by atoms with E-state index in [0.29, 0.717) is 10.6 Å². The second-order valence-electron chi connectivity index (χ2n) is 4.21. The van der Waals surface area contributed by atoms with Crippen molar-refractivity contribution in [1.29, 1.82) is 0 Å². The number of ether oxygens (including phenoxy) is 1. The van der Waals surface area contributed by atoms with Gasteiger partial charge in [-0.05, 0) is 23.8 Å². The summed E-state index contributed by atoms with van der Waals surface area (Å²) in [5, 5.41) is 11.3. The maximum atomic E-state index is 12.2. The van der Waals surface area contributed by atoms with E-state index in [0.717, 1.165) is 0 Å². The van der Waals surface area contributed by atoms with Crippen LogP contribution >= 0.6 is 11.6 Å². The van der Waals surface area contributed by atoms with Crippen molar-refractivity contribution in [2.45, 2.75) is 6.42 Å². The molecule has 0 aliphatic rings. The monoisotopic (exact) mass is 306 g/mol. The van der Waals surface area contributed by atoms with Gasteiger partial charge >= 0.3 is 5.69 Å². The number of aromatic nitrogens is 1. The Hall–Kier alpha value is -2.47. The lowest BCUT2D eigenvalue weighted by Gasteiger charge is -2.05. The third kappa shape index (κ3) is 3.35. The van der Waals surface area contributed by atoms with E-state index >= 15 is 0 Å². The third-order valence-electron chi connectivity index (χ3n) is 2.90. The summed E-state index contributed by atoms with van der Waals surface area (Å²) in [6.07, 6.45) is 3.02. The van der Waals surface area contributed by atoms with Gasteiger partial charge in [-0.15, -0.1) is 0 Å². The minimum atomic E-state index is -0.588. The van der Waals surface area contributed by atoms with Gasteiger partial charge in [-0.1, -0.05) is 11.6 Å². The van der Waals surface area contributed by atoms with Gasteiger partial charge in [0.15, 0.2) is 11.5 Å². The van der Waals surface area contributed by atoms with Gasteiger partial charge in [0.25, 0.3) is 0 Å². The van der Waals surface area contributed by atoms with Crippen LogP contribution in [0.5, 0.6) is 5.75 Å². The summed E-state index contributed by atoms with van der Waals surface area (Å²) in [5.41, 5.74) is 0.606. The van der Waals surface area contributed by atoms with Crippen molar-refractivity contribution in [1.82, 2.24) is 4.98 Å². The molecule has 0 atom stereocenters. The lowest BCUT2D eigenvalue weighted by atomic mass is 10.0. The number of ketones is 1. The highest BCUT2D eigenvalue weighted by Gasteiger charge is 2.18. The Bertz CT molecular complexity index is 703. The Balaban J connectivity index is 2.30. The number of hydrogen-bond donors (Lipinski definition) is 0. The van der Waals surface area contributed by atoms with Crippen LogP contribution in [0.25, 0.3) is 0 Å². The van der Waals surface area contributed by atoms with Crippen molar-refractivity contribution in [3.8, 4) is 5.75 Å². The highest BCUT2D eigenvalue weighted by molar-refractivity contribution is 6.31. The van der Waals surface area contributed by atoms with Crippen LogP contribution in [0.15, 0.2) is 36.7 Å². The molecule has 0 spiro atoms. The number of halogens is 1. The number of nitrogens with zero attached hydrogens (tertiary/aromatic N) is 2. The van der Waals surface area contributed by atoms with Crippen molar-refractivity contribution in [3.63, 3.8) is 0 Å². The molecule has 0 aliphatic carbocycles. The number of nitro benzene ring substituents is 1. The first kappa shape index (κ1) is 14.9. The fourth-order valence-corrected chi connectivity index (χ4v) is 2.01. The zero-order valence-corrected chi connectivity index (χ0v) is 11.8. The largest absolute Gasteiger partial charge is 0.490 e. The summed E-state index contributed by atoms with van der Waals surface area (Å²) >= 11 is 5.94. The quantitative estimate of drug-likeness (QED) is 0.481. The van der Waals surface area contributed by atoms with Crippen molar-refractivity contribution in [2.75, 3.05) is 7.11 Å². The SMILES string of the molecule is COc1ccc(C(=O)Cc2ccncc2Cl)cc1[N+](=O)[O-]. The third-order valence-corrected chi connectivity index (χ3v) is 3.25. The van der Waals surface area contributed by atoms with E-state index in [2.05, 4.69) is 4.98 Å². The molecule has 21 heavy (non-hydrogen) atoms. The number of carbonyl (C=O) groups excluding carboxylic acids is 1. The number of pyridine rings is 1. The second-order valence-corrected chi connectivity index (χ2v) is 4.62. The van der Waals surface area contributed by atoms with Gasteiger partial charge in [-0.3, -0.25) is 19.9 Å². The number of nitro groups is 1. The van der Waals surface area contributed by atoms with E-state index in [1.807, 2.05) is 0 Å². The predicted molar refractivity (Wildman–Crippen MR) is 76.9 cm³/mol. The molecule has 2 rings (SSSR count). The minimum Gasteiger partial charge on any atom is -0.490 e. The van der Waals surface area contributed by atoms with Crippen LogP contribution in [-0.4, -0.2) is 22.8 Å². The Labute approximate surface area is 125 Å². The Morgan fingerprint density at radius 2 is 2.19 bits per heavy atom. The molecule has 7 heteroatoms. The van der Waals surface area contributed by atoms with Gasteiger partial charge in [0.05, 0.1) is 17.1 Å². The Kier molecular flexibility index (Phi) is 4.49. The topological polar surface area (TPSA) is 82.3 Å². The summed E-state index contributed by atoms with van der Waals surface area (Å²) in [5.74, 6) is -0.160. The summed E-state index contributed by atoms with van der Waals surface area (Å²) in [6, 6.07) is 5.73. The van der Waals surface area contributed by atoms with Crippen molar-refractivity contribution in [2.24, 2.45) is 0 Å². The molecule has 1 aromatic heterocycles. The first-order valence-electron chi connectivity index (χ1n) is 5.97. The molecule has 0 saturated carbocycles. The molecular formula is C14H11ClN2O4. The number of Topliss-reactive ketones (excluding diaryl/α,β-unsaturated/α-hetero) is 1. The number of hydrogen-bond acceptors (Lipinski definition) is 5. The fourth-order valence-electron chi connectivity index (χ4n) is 1.83. The molecule has 0 radical (unpaired) electrons. The fraction of sp³-hybridized carbons (Fsp3) is 0.143. The molecule has 0 aliphatic heterocycles. The van der Waals surface area contributed by atoms with Crippen LogP contribution in [0, 0.1) is 10.1 Å². The molecule has 2 aromatic rings. The van der Waals surface area contributed by atoms with Crippen LogP contribution in [0.3, 0.4) is 0 Å². The zero-order chi connectivity index (χ0) is 15.4. The van der Waals surface area contributed by atoms with Gasteiger partial charge in [0, 0.05) is 30.4 Å². The normalized spacial score (nSPS) is 10.2. The van der Waals surface area contributed by atoms with E-state index in [-0.39, 0.29) is 29.2 Å². The standard InChI is InChI=1S/C14H11ClN2O4/c1-21-14-3-2-10(6-12(14)17(19)20)13(18)7-9-4-5-16-8-11(9)15/h2-6,8H,7H2,1H3. The minimum absolute atomic E-state index is 0.0465. The van der Waals surface area contributed by atoms with Crippen molar-refractivity contribution >= 4 is 23.1 Å². The highest BCUT2D eigenvalue weighted by atomic mass is 35.5. The molecule has 0 saturated heterocycles. The maximum absolute atomic E-state index is 12.2. The molecule has 0 N–H and O–H groups in total. The van der Waals surface area contributed by atoms with Crippen molar-refractivity contribution in [3.05, 3.63) is 62.9 Å². The predicted octanol–water partition coefficient (Wildman–Crippen LogP) is 3.08. The summed E-state index contributed by atoms with van der Waals surface area (Å²) < 4.78 is 4.90. The maximum Gasteiger partial charge on any atom is 0.311 e. The lowest BCUT2D eigenvalue weighted by molar-refractivity contribution is -0.385. The summed E-state index contributed by atoms with van der Waals surface area (Å²) in [7, 11) is 1.33. The summed E-state index contributed by atoms with van der Waals surface area (Å²) in [4.78, 5) is 26.4. The molecule has 1 aromatic carbocycles. The zero-order valence-electron chi connectivity index (χ0n) is 11.1. The Morgan fingerprint density at radius 3 is 2.81 bits per heavy atom. The van der Waals surface area contributed by atoms with Gasteiger partial charge in [-0.25, -0.2) is 0 Å². The van der Waals surface area contributed by atoms with Crippen LogP contribution in [-0.2, 0) is 6.42 Å². The molecule has 0 bridgehead atoms. The van der Waals surface area contributed by atoms with Crippen LogP contribution in [0.2, 0.25) is 5.02 Å². The van der Waals surface area contributed by atoms with E-state index in [4.69, 9.17) is 16.3 Å². The van der Waals surface area contributed by atoms with E-state index in [1.54, 1.807) is 6.07 Å².